The molecule has 4 amide bonds. The molecule has 0 aromatic heterocycles. The molecule has 156 valence electrons. The summed E-state index contributed by atoms with van der Waals surface area (Å²) in [6.45, 7) is 10.2. The van der Waals surface area contributed by atoms with Gasteiger partial charge in [0.2, 0.25) is 23.6 Å². The molecule has 0 heterocycles. The maximum atomic E-state index is 12.0. The van der Waals surface area contributed by atoms with E-state index in [9.17, 15) is 19.2 Å². The van der Waals surface area contributed by atoms with E-state index in [0.717, 1.165) is 0 Å². The van der Waals surface area contributed by atoms with Crippen molar-refractivity contribution in [1.82, 2.24) is 31.9 Å². The molecular weight excluding hydrogens is 352 g/mol. The summed E-state index contributed by atoms with van der Waals surface area (Å²) in [5.41, 5.74) is -2.41. The van der Waals surface area contributed by atoms with E-state index in [2.05, 4.69) is 31.9 Å². The summed E-state index contributed by atoms with van der Waals surface area (Å²) in [4.78, 5) is 47.9. The molecule has 0 aliphatic heterocycles. The van der Waals surface area contributed by atoms with Crippen molar-refractivity contribution in [2.24, 2.45) is 0 Å². The molecule has 0 rings (SSSR count). The first kappa shape index (κ1) is 24.8. The monoisotopic (exact) mass is 386 g/mol. The Morgan fingerprint density at radius 1 is 0.519 bits per heavy atom. The van der Waals surface area contributed by atoms with Crippen LogP contribution in [0.25, 0.3) is 0 Å². The Kier molecular flexibility index (Phi) is 8.87. The largest absolute Gasteiger partial charge is 0.338 e. The normalized spacial score (nSPS) is 12.1. The molecule has 0 saturated heterocycles. The maximum Gasteiger partial charge on any atom is 0.231 e. The van der Waals surface area contributed by atoms with Crippen LogP contribution in [0.3, 0.4) is 0 Å². The quantitative estimate of drug-likeness (QED) is 0.208. The van der Waals surface area contributed by atoms with E-state index >= 15 is 0 Å². The van der Waals surface area contributed by atoms with Gasteiger partial charge in [0.05, 0.1) is 11.3 Å². The van der Waals surface area contributed by atoms with Gasteiger partial charge in [-0.3, -0.25) is 29.8 Å². The van der Waals surface area contributed by atoms with Crippen molar-refractivity contribution in [2.75, 3.05) is 14.1 Å². The van der Waals surface area contributed by atoms with Crippen LogP contribution >= 0.6 is 0 Å². The first-order valence-corrected chi connectivity index (χ1v) is 8.73. The van der Waals surface area contributed by atoms with E-state index in [4.69, 9.17) is 0 Å². The molecule has 0 atom stereocenters. The Bertz CT molecular complexity index is 524. The van der Waals surface area contributed by atoms with E-state index in [1.807, 2.05) is 0 Å². The SMILES string of the molecule is CNC(C)(C)NC(=O)CC(=O)NC(C)(C)NC(=O)CC(=O)NC(C)(C)NC. The summed E-state index contributed by atoms with van der Waals surface area (Å²) in [7, 11) is 3.37. The molecule has 0 saturated carbocycles. The molecule has 0 bridgehead atoms. The number of carbonyl (C=O) groups excluding carboxylic acids is 4. The Morgan fingerprint density at radius 3 is 0.963 bits per heavy atom. The van der Waals surface area contributed by atoms with Crippen molar-refractivity contribution >= 4 is 23.6 Å². The third-order valence-electron chi connectivity index (χ3n) is 3.70. The molecule has 10 nitrogen and oxygen atoms in total. The number of nitrogens with one attached hydrogen (secondary N) is 6. The summed E-state index contributed by atoms with van der Waals surface area (Å²) in [6.07, 6.45) is -0.775. The summed E-state index contributed by atoms with van der Waals surface area (Å²) in [5.74, 6) is -2.01. The highest BCUT2D eigenvalue weighted by molar-refractivity contribution is 5.99. The number of rotatable bonds is 10. The van der Waals surface area contributed by atoms with Gasteiger partial charge in [-0.2, -0.15) is 0 Å². The fourth-order valence-corrected chi connectivity index (χ4v) is 2.02. The Morgan fingerprint density at radius 2 is 0.741 bits per heavy atom. The summed E-state index contributed by atoms with van der Waals surface area (Å²) in [5, 5.41) is 16.2. The third-order valence-corrected chi connectivity index (χ3v) is 3.70. The molecule has 0 aliphatic rings. The zero-order chi connectivity index (χ0) is 21.5. The van der Waals surface area contributed by atoms with E-state index in [1.165, 1.54) is 0 Å². The highest BCUT2D eigenvalue weighted by atomic mass is 16.2. The van der Waals surface area contributed by atoms with Gasteiger partial charge in [-0.05, 0) is 55.6 Å². The van der Waals surface area contributed by atoms with Crippen molar-refractivity contribution in [2.45, 2.75) is 71.4 Å². The predicted molar refractivity (Wildman–Crippen MR) is 102 cm³/mol. The van der Waals surface area contributed by atoms with Gasteiger partial charge in [-0.15, -0.1) is 0 Å². The average molecular weight is 386 g/mol. The number of carbonyl (C=O) groups is 4. The molecule has 0 aliphatic carbocycles. The Labute approximate surface area is 161 Å². The van der Waals surface area contributed by atoms with Gasteiger partial charge in [-0.25, -0.2) is 0 Å². The third kappa shape index (κ3) is 11.2. The second-order valence-corrected chi connectivity index (χ2v) is 7.92. The van der Waals surface area contributed by atoms with Crippen molar-refractivity contribution in [3.8, 4) is 0 Å². The second kappa shape index (κ2) is 9.65. The van der Waals surface area contributed by atoms with E-state index in [1.54, 1.807) is 55.6 Å². The summed E-state index contributed by atoms with van der Waals surface area (Å²) < 4.78 is 0. The second-order valence-electron chi connectivity index (χ2n) is 7.92. The van der Waals surface area contributed by atoms with Crippen molar-refractivity contribution in [3.05, 3.63) is 0 Å². The van der Waals surface area contributed by atoms with Crippen molar-refractivity contribution < 1.29 is 19.2 Å². The van der Waals surface area contributed by atoms with E-state index in [0.29, 0.717) is 0 Å². The number of amides is 4. The van der Waals surface area contributed by atoms with Gasteiger partial charge in [0.1, 0.15) is 18.5 Å². The topological polar surface area (TPSA) is 140 Å². The molecule has 0 radical (unpaired) electrons. The lowest BCUT2D eigenvalue weighted by Gasteiger charge is -2.29. The molecule has 0 aromatic rings. The van der Waals surface area contributed by atoms with E-state index in [-0.39, 0.29) is 12.8 Å². The molecule has 0 spiro atoms. The van der Waals surface area contributed by atoms with Gasteiger partial charge in [0.25, 0.3) is 0 Å². The summed E-state index contributed by atoms with van der Waals surface area (Å²) >= 11 is 0. The lowest BCUT2D eigenvalue weighted by Crippen LogP contribution is -2.59. The van der Waals surface area contributed by atoms with Crippen LogP contribution in [0.2, 0.25) is 0 Å². The van der Waals surface area contributed by atoms with Crippen molar-refractivity contribution in [3.63, 3.8) is 0 Å². The minimum absolute atomic E-state index is 0.388. The van der Waals surface area contributed by atoms with Crippen LogP contribution < -0.4 is 31.9 Å². The van der Waals surface area contributed by atoms with E-state index < -0.39 is 40.6 Å². The van der Waals surface area contributed by atoms with Gasteiger partial charge < -0.3 is 21.3 Å². The standard InChI is InChI=1S/C17H34N6O4/c1-15(2,18-7)20-11(24)9-13(26)22-17(5,6)23-14(27)10-12(25)21-16(3,4)19-8/h18-19H,9-10H2,1-8H3,(H,20,24)(H,21,25)(H,22,26)(H,23,27). The molecule has 10 heteroatoms. The lowest BCUT2D eigenvalue weighted by atomic mass is 10.2. The summed E-state index contributed by atoms with van der Waals surface area (Å²) in [6, 6.07) is 0. The zero-order valence-electron chi connectivity index (χ0n) is 17.5. The van der Waals surface area contributed by atoms with Crippen LogP contribution in [0.4, 0.5) is 0 Å². The van der Waals surface area contributed by atoms with Crippen LogP contribution in [0.15, 0.2) is 0 Å². The fraction of sp³-hybridized carbons (Fsp3) is 0.765. The minimum Gasteiger partial charge on any atom is -0.338 e. The van der Waals surface area contributed by atoms with Gasteiger partial charge in [-0.1, -0.05) is 0 Å². The predicted octanol–water partition coefficient (Wildman–Crippen LogP) is -1.12. The van der Waals surface area contributed by atoms with Crippen LogP contribution in [-0.2, 0) is 19.2 Å². The molecule has 6 N–H and O–H groups in total. The van der Waals surface area contributed by atoms with Crippen LogP contribution in [0.5, 0.6) is 0 Å². The van der Waals surface area contributed by atoms with Gasteiger partial charge >= 0.3 is 0 Å². The molecule has 0 aromatic carbocycles. The van der Waals surface area contributed by atoms with Gasteiger partial charge in [0.15, 0.2) is 0 Å². The first-order valence-electron chi connectivity index (χ1n) is 8.73. The average Bonchev–Trinajstić information content (AvgIpc) is 2.43. The number of hydrogen-bond donors (Lipinski definition) is 6. The lowest BCUT2D eigenvalue weighted by molar-refractivity contribution is -0.132. The fourth-order valence-electron chi connectivity index (χ4n) is 2.02. The molecular formula is C17H34N6O4. The first-order chi connectivity index (χ1) is 12.1. The zero-order valence-corrected chi connectivity index (χ0v) is 17.5. The Balaban J connectivity index is 4.54. The molecule has 27 heavy (non-hydrogen) atoms. The van der Waals surface area contributed by atoms with Crippen LogP contribution in [0, 0.1) is 0 Å². The highest BCUT2D eigenvalue weighted by Gasteiger charge is 2.27. The number of hydrogen-bond acceptors (Lipinski definition) is 6. The smallest absolute Gasteiger partial charge is 0.231 e. The van der Waals surface area contributed by atoms with Crippen LogP contribution in [-0.4, -0.2) is 54.7 Å². The van der Waals surface area contributed by atoms with Crippen LogP contribution in [0.1, 0.15) is 54.4 Å². The molecule has 0 unspecified atom stereocenters. The van der Waals surface area contributed by atoms with Gasteiger partial charge in [0, 0.05) is 0 Å². The Hall–Kier alpha value is -2.20. The highest BCUT2D eigenvalue weighted by Crippen LogP contribution is 2.01. The maximum absolute atomic E-state index is 12.0. The molecule has 0 fully saturated rings. The van der Waals surface area contributed by atoms with Crippen molar-refractivity contribution in [1.29, 1.82) is 0 Å². The minimum atomic E-state index is -1.12.